The van der Waals surface area contributed by atoms with Crippen LogP contribution in [-0.4, -0.2) is 155 Å². The molecule has 31 heteroatoms. The van der Waals surface area contributed by atoms with Crippen molar-refractivity contribution >= 4 is 60.0 Å². The molecule has 0 aromatic heterocycles. The molecule has 5 aromatic carbocycles. The molecule has 3 heterocycles. The summed E-state index contributed by atoms with van der Waals surface area (Å²) in [5.41, 5.74) is 1.49. The van der Waals surface area contributed by atoms with E-state index in [1.54, 1.807) is 14.7 Å². The average molecular weight is 1290 g/mol. The molecule has 3 aliphatic rings. The average Bonchev–Trinajstić information content (AvgIpc) is 2.97. The number of nitro benzene ring substituents is 2. The number of aliphatic hydroxyl groups excluding tert-OH is 1. The van der Waals surface area contributed by atoms with Crippen LogP contribution in [0.1, 0.15) is 70.1 Å². The molecule has 5 aromatic rings. The molecule has 0 aliphatic carbocycles. The number of rotatable bonds is 14. The van der Waals surface area contributed by atoms with Gasteiger partial charge in [-0.15, -0.1) is 3.63 Å². The minimum Gasteiger partial charge on any atom is -0.505 e. The molecule has 480 valence electrons. The van der Waals surface area contributed by atoms with E-state index in [2.05, 4.69) is 3.63 Å². The van der Waals surface area contributed by atoms with Crippen LogP contribution in [0, 0.1) is 31.9 Å². The molecule has 0 bridgehead atoms. The maximum absolute atomic E-state index is 14.1. The van der Waals surface area contributed by atoms with E-state index in [1.807, 2.05) is 91.0 Å². The number of halogens is 2. The monoisotopic (exact) mass is 1290 g/mol. The highest BCUT2D eigenvalue weighted by Crippen LogP contribution is 2.29. The fraction of sp³-hybridized carbons (Fsp3) is 0.411. The van der Waals surface area contributed by atoms with E-state index in [1.165, 1.54) is 18.2 Å². The number of piperidine rings is 3. The lowest BCUT2D eigenvalue weighted by atomic mass is 10.1. The van der Waals surface area contributed by atoms with Gasteiger partial charge in [-0.2, -0.15) is 34.0 Å². The first-order valence-electron chi connectivity index (χ1n) is 25.8. The van der Waals surface area contributed by atoms with Crippen LogP contribution in [0.4, 0.5) is 34.5 Å². The number of amides is 3. The van der Waals surface area contributed by atoms with Crippen LogP contribution in [0.15, 0.2) is 127 Å². The van der Waals surface area contributed by atoms with Gasteiger partial charge in [-0.1, -0.05) is 118 Å². The van der Waals surface area contributed by atoms with Crippen molar-refractivity contribution in [3.05, 3.63) is 176 Å². The van der Waals surface area contributed by atoms with E-state index in [0.29, 0.717) is 96.9 Å². The van der Waals surface area contributed by atoms with Crippen LogP contribution in [0.25, 0.3) is 0 Å². The van der Waals surface area contributed by atoms with E-state index < -0.39 is 75.1 Å². The molecule has 26 nitrogen and oxygen atoms in total. The first-order chi connectivity index (χ1) is 40.1. The van der Waals surface area contributed by atoms with Gasteiger partial charge in [0.1, 0.15) is 25.9 Å². The van der Waals surface area contributed by atoms with Gasteiger partial charge in [-0.05, 0) is 54.5 Å². The molecule has 87 heavy (non-hydrogen) atoms. The van der Waals surface area contributed by atoms with Gasteiger partial charge in [-0.25, -0.2) is 14.4 Å². The van der Waals surface area contributed by atoms with E-state index >= 15 is 0 Å². The van der Waals surface area contributed by atoms with E-state index in [9.17, 15) is 73.8 Å². The van der Waals surface area contributed by atoms with Crippen LogP contribution in [-0.2, 0) is 72.2 Å². The zero-order valence-corrected chi connectivity index (χ0v) is 48.8. The van der Waals surface area contributed by atoms with Crippen molar-refractivity contribution in [2.45, 2.75) is 91.5 Å². The summed E-state index contributed by atoms with van der Waals surface area (Å²) in [4.78, 5) is 59.7. The zero-order valence-electron chi connectivity index (χ0n) is 46.3. The third-order valence-corrected chi connectivity index (χ3v) is 14.5. The fourth-order valence-corrected chi connectivity index (χ4v) is 10.3. The molecular formula is C56H73F2N5O21S3. The van der Waals surface area contributed by atoms with Gasteiger partial charge in [0, 0.05) is 64.2 Å². The second kappa shape index (κ2) is 36.8. The number of nitro groups is 2. The number of carbonyl (C=O) groups excluding carboxylic acids is 3. The molecular weight excluding hydrogens is 1210 g/mol. The lowest BCUT2D eigenvalue weighted by molar-refractivity contribution is -0.387. The number of likely N-dealkylation sites (tertiary alicyclic amines) is 3. The summed E-state index contributed by atoms with van der Waals surface area (Å²) in [5.74, 6) is -3.03. The Morgan fingerprint density at radius 3 is 1.16 bits per heavy atom. The Bertz CT molecular complexity index is 3270. The van der Waals surface area contributed by atoms with E-state index in [4.69, 9.17) is 28.2 Å². The Morgan fingerprint density at radius 2 is 0.839 bits per heavy atom. The van der Waals surface area contributed by atoms with Crippen molar-refractivity contribution in [3.63, 3.8) is 0 Å². The molecule has 3 amide bonds. The Balaban J connectivity index is 0.000000388. The van der Waals surface area contributed by atoms with Gasteiger partial charge in [0.05, 0.1) is 40.8 Å². The molecule has 2 N–H and O–H groups in total. The van der Waals surface area contributed by atoms with Crippen molar-refractivity contribution in [2.24, 2.45) is 0 Å². The summed E-state index contributed by atoms with van der Waals surface area (Å²) in [7, 11) is -11.2. The predicted octanol–water partition coefficient (Wildman–Crippen LogP) is 9.09. The smallest absolute Gasteiger partial charge is 0.410 e. The van der Waals surface area contributed by atoms with Gasteiger partial charge < -0.3 is 43.9 Å². The summed E-state index contributed by atoms with van der Waals surface area (Å²) in [6.45, 7) is 3.60. The number of ether oxygens (including phenoxy) is 4. The third kappa shape index (κ3) is 29.2. The highest BCUT2D eigenvalue weighted by molar-refractivity contribution is 7.99. The van der Waals surface area contributed by atoms with Crippen molar-refractivity contribution in [2.75, 3.05) is 58.0 Å². The van der Waals surface area contributed by atoms with Gasteiger partial charge >= 0.3 is 29.7 Å². The maximum atomic E-state index is 14.1. The van der Waals surface area contributed by atoms with Crippen molar-refractivity contribution in [3.8, 4) is 11.5 Å². The Hall–Kier alpha value is -8.10. The standard InChI is InChI=1S/C19H19FN2O5.C14H19NO5S.C13H17NO3.C6H4FNO3.C2H6O5S2.2CH4/c20-18-16(22(24)25)7-4-8-17(18)27-15-9-11-21(12-10-15)19(23)26-13-14-5-2-1-3-6-14;1-21(17,18)20-13-7-9-15(10-8-13)14(16)19-11-12-5-3-2-4-6-12;15-12-6-8-14(9-7-12)13(16)17-10-11-4-2-1-3-5-11;7-6-4(8(10)11)2-1-3-5(6)9;1-8(3,4)7-9(2,5)6;;/h1-8,15H,9-13H2;2-6,13H,7-11H2,1H3;1-5,12,15H,6-10H2;1-3,9H;1-2H3;2*1H4. The predicted molar refractivity (Wildman–Crippen MR) is 314 cm³/mol. The quantitative estimate of drug-likeness (QED) is 0.0453. The summed E-state index contributed by atoms with van der Waals surface area (Å²) in [5, 5.41) is 38.8. The Morgan fingerprint density at radius 1 is 0.506 bits per heavy atom. The molecule has 0 radical (unpaired) electrons. The summed E-state index contributed by atoms with van der Waals surface area (Å²) in [6.07, 6.45) is 3.59. The lowest BCUT2D eigenvalue weighted by Gasteiger charge is -2.31. The Labute approximate surface area is 504 Å². The molecule has 3 aliphatic heterocycles. The topological polar surface area (TPSA) is 345 Å². The minimum absolute atomic E-state index is 0. The fourth-order valence-electron chi connectivity index (χ4n) is 7.80. The highest BCUT2D eigenvalue weighted by Gasteiger charge is 2.29. The first kappa shape index (κ1) is 75.0. The van der Waals surface area contributed by atoms with Gasteiger partial charge in [0.25, 0.3) is 30.4 Å². The van der Waals surface area contributed by atoms with Gasteiger partial charge in [0.2, 0.25) is 11.6 Å². The second-order valence-electron chi connectivity index (χ2n) is 18.8. The normalized spacial score (nSPS) is 14.5. The van der Waals surface area contributed by atoms with Gasteiger partial charge in [-0.3, -0.25) is 24.4 Å². The Kier molecular flexibility index (Phi) is 31.7. The minimum atomic E-state index is -3.87. The van der Waals surface area contributed by atoms with Crippen LogP contribution in [0.3, 0.4) is 0 Å². The summed E-state index contributed by atoms with van der Waals surface area (Å²) in [6, 6.07) is 35.5. The third-order valence-electron chi connectivity index (χ3n) is 11.9. The SMILES string of the molecule is C.C.CS(=O)(=O)OC1CCN(C(=O)OCc2ccccc2)CC1.CS(=O)(=O)OS(C)(=O)=O.O=C(OCc1ccccc1)N1CCC(O)CC1.O=C(OCc1ccccc1)N1CCC(Oc2cccc([N+](=O)[O-])c2F)CC1.O=[N+]([O-])c1cccc(O)c1F. The largest absolute Gasteiger partial charge is 0.505 e. The summed E-state index contributed by atoms with van der Waals surface area (Å²) < 4.78 is 119. The lowest BCUT2D eigenvalue weighted by Crippen LogP contribution is -2.42. The number of aromatic hydroxyl groups is 1. The van der Waals surface area contributed by atoms with E-state index in [0.717, 1.165) is 41.1 Å². The van der Waals surface area contributed by atoms with Gasteiger partial charge in [0.15, 0.2) is 11.5 Å². The zero-order chi connectivity index (χ0) is 62.7. The molecule has 3 fully saturated rings. The second-order valence-corrected chi connectivity index (χ2v) is 23.8. The number of hydrogen-bond acceptors (Lipinski definition) is 21. The number of phenols is 1. The molecule has 0 atom stereocenters. The van der Waals surface area contributed by atoms with Crippen LogP contribution >= 0.6 is 0 Å². The summed E-state index contributed by atoms with van der Waals surface area (Å²) >= 11 is 0. The van der Waals surface area contributed by atoms with Crippen molar-refractivity contribution < 1.29 is 95.2 Å². The number of aliphatic hydroxyl groups is 1. The van der Waals surface area contributed by atoms with Crippen molar-refractivity contribution in [1.82, 2.24) is 14.7 Å². The highest BCUT2D eigenvalue weighted by atomic mass is 32.3. The maximum Gasteiger partial charge on any atom is 0.410 e. The molecule has 8 rings (SSSR count). The number of benzene rings is 5. The molecule has 0 saturated carbocycles. The number of nitrogens with zero attached hydrogens (tertiary/aromatic N) is 5. The first-order valence-corrected chi connectivity index (χ1v) is 31.3. The van der Waals surface area contributed by atoms with Crippen molar-refractivity contribution in [1.29, 1.82) is 0 Å². The molecule has 0 spiro atoms. The number of carbonyl (C=O) groups is 3. The molecule has 3 saturated heterocycles. The van der Waals surface area contributed by atoms with E-state index in [-0.39, 0.29) is 64.3 Å². The number of hydrogen-bond donors (Lipinski definition) is 2. The van der Waals surface area contributed by atoms with Crippen LogP contribution in [0.2, 0.25) is 0 Å². The van der Waals surface area contributed by atoms with Crippen LogP contribution in [0.5, 0.6) is 11.5 Å². The molecule has 0 unspecified atom stereocenters. The number of phenolic OH excluding ortho intramolecular Hbond substituents is 1. The van der Waals surface area contributed by atoms with Crippen LogP contribution < -0.4 is 4.74 Å².